The molecule has 0 spiro atoms. The van der Waals surface area contributed by atoms with Gasteiger partial charge >= 0.3 is 0 Å². The van der Waals surface area contributed by atoms with Crippen molar-refractivity contribution in [1.29, 1.82) is 0 Å². The molecule has 0 saturated heterocycles. The van der Waals surface area contributed by atoms with Crippen LogP contribution >= 0.6 is 44.1 Å². The summed E-state index contributed by atoms with van der Waals surface area (Å²) in [5.74, 6) is 0.129. The van der Waals surface area contributed by atoms with Crippen molar-refractivity contribution in [2.75, 3.05) is 7.05 Å². The minimum Gasteiger partial charge on any atom is -0.506 e. The Morgan fingerprint density at radius 2 is 2.19 bits per heavy atom. The summed E-state index contributed by atoms with van der Waals surface area (Å²) in [6, 6.07) is 3.49. The molecular weight excluding hydrogens is 358 g/mol. The number of nitrogens with zero attached hydrogens (tertiary/aromatic N) is 1. The highest BCUT2D eigenvalue weighted by Crippen LogP contribution is 2.30. The first-order valence-electron chi connectivity index (χ1n) is 4.23. The molecule has 0 aromatic heterocycles. The van der Waals surface area contributed by atoms with E-state index < -0.39 is 0 Å². The normalized spacial score (nSPS) is 10.4. The molecule has 0 aliphatic carbocycles. The van der Waals surface area contributed by atoms with Gasteiger partial charge in [-0.2, -0.15) is 5.10 Å². The quantitative estimate of drug-likeness (QED) is 0.427. The van der Waals surface area contributed by atoms with Crippen LogP contribution in [0.1, 0.15) is 5.56 Å². The van der Waals surface area contributed by atoms with Gasteiger partial charge in [-0.25, -0.2) is 0 Å². The van der Waals surface area contributed by atoms with Crippen LogP contribution in [-0.4, -0.2) is 23.5 Å². The molecular formula is C9H9Br2N3OS. The molecule has 1 rings (SSSR count). The Hall–Kier alpha value is -0.660. The number of halogens is 2. The van der Waals surface area contributed by atoms with Gasteiger partial charge in [0.05, 0.1) is 10.7 Å². The second kappa shape index (κ2) is 6.17. The summed E-state index contributed by atoms with van der Waals surface area (Å²) in [6.45, 7) is 0. The van der Waals surface area contributed by atoms with Crippen LogP contribution in [0.2, 0.25) is 0 Å². The lowest BCUT2D eigenvalue weighted by Gasteiger charge is -2.03. The molecule has 0 heterocycles. The van der Waals surface area contributed by atoms with Crippen LogP contribution in [0.25, 0.3) is 0 Å². The molecule has 0 unspecified atom stereocenters. The van der Waals surface area contributed by atoms with Gasteiger partial charge in [-0.05, 0) is 40.3 Å². The summed E-state index contributed by atoms with van der Waals surface area (Å²) in [4.78, 5) is 0. The van der Waals surface area contributed by atoms with Crippen LogP contribution in [0.4, 0.5) is 0 Å². The number of phenolic OH excluding ortho intramolecular Hbond substituents is 1. The molecule has 0 atom stereocenters. The predicted molar refractivity (Wildman–Crippen MR) is 75.9 cm³/mol. The minimum absolute atomic E-state index is 0.129. The molecule has 1 aromatic rings. The molecule has 0 bridgehead atoms. The van der Waals surface area contributed by atoms with E-state index in [-0.39, 0.29) is 5.75 Å². The predicted octanol–water partition coefficient (Wildman–Crippen LogP) is 2.35. The topological polar surface area (TPSA) is 56.7 Å². The second-order valence-electron chi connectivity index (χ2n) is 2.77. The number of phenols is 1. The third kappa shape index (κ3) is 3.73. The number of hydrogen-bond acceptors (Lipinski definition) is 3. The number of thiocarbonyl (C=S) groups is 1. The van der Waals surface area contributed by atoms with Crippen molar-refractivity contribution < 1.29 is 5.11 Å². The largest absolute Gasteiger partial charge is 0.506 e. The van der Waals surface area contributed by atoms with Gasteiger partial charge in [-0.1, -0.05) is 15.9 Å². The SMILES string of the molecule is CNC(=S)N/N=C\c1cc(Br)cc(Br)c1O. The molecule has 0 fully saturated rings. The highest BCUT2D eigenvalue weighted by Gasteiger charge is 2.04. The van der Waals surface area contributed by atoms with E-state index >= 15 is 0 Å². The Balaban J connectivity index is 2.85. The lowest BCUT2D eigenvalue weighted by Crippen LogP contribution is -2.28. The zero-order valence-corrected chi connectivity index (χ0v) is 12.3. The molecule has 0 aliphatic rings. The zero-order chi connectivity index (χ0) is 12.1. The maximum absolute atomic E-state index is 9.71. The first kappa shape index (κ1) is 13.4. The van der Waals surface area contributed by atoms with Crippen molar-refractivity contribution in [3.05, 3.63) is 26.6 Å². The molecule has 1 aromatic carbocycles. The van der Waals surface area contributed by atoms with E-state index in [0.29, 0.717) is 15.1 Å². The van der Waals surface area contributed by atoms with E-state index in [1.165, 1.54) is 6.21 Å². The van der Waals surface area contributed by atoms with Crippen LogP contribution in [0.15, 0.2) is 26.2 Å². The average Bonchev–Trinajstić information content (AvgIpc) is 2.24. The maximum Gasteiger partial charge on any atom is 0.186 e. The van der Waals surface area contributed by atoms with Crippen molar-refractivity contribution in [2.45, 2.75) is 0 Å². The Morgan fingerprint density at radius 3 is 2.81 bits per heavy atom. The fourth-order valence-corrected chi connectivity index (χ4v) is 2.21. The first-order chi connectivity index (χ1) is 7.54. The van der Waals surface area contributed by atoms with Crippen molar-refractivity contribution in [3.63, 3.8) is 0 Å². The van der Waals surface area contributed by atoms with Crippen molar-refractivity contribution in [2.24, 2.45) is 5.10 Å². The molecule has 0 radical (unpaired) electrons. The molecule has 0 amide bonds. The Morgan fingerprint density at radius 1 is 1.50 bits per heavy atom. The number of rotatable bonds is 2. The molecule has 0 aliphatic heterocycles. The molecule has 0 saturated carbocycles. The van der Waals surface area contributed by atoms with Crippen molar-refractivity contribution in [3.8, 4) is 5.75 Å². The number of hydrazone groups is 1. The third-order valence-electron chi connectivity index (χ3n) is 1.65. The monoisotopic (exact) mass is 365 g/mol. The standard InChI is InChI=1S/C9H9Br2N3OS/c1-12-9(16)14-13-4-5-2-6(10)3-7(11)8(5)15/h2-4,15H,1H3,(H2,12,14,16)/b13-4-. The fraction of sp³-hybridized carbons (Fsp3) is 0.111. The summed E-state index contributed by atoms with van der Waals surface area (Å²) in [5.41, 5.74) is 3.17. The molecule has 7 heteroatoms. The van der Waals surface area contributed by atoms with E-state index in [0.717, 1.165) is 4.47 Å². The third-order valence-corrected chi connectivity index (χ3v) is 3.01. The Bertz CT molecular complexity index is 437. The number of aromatic hydroxyl groups is 1. The van der Waals surface area contributed by atoms with Gasteiger partial charge in [0.25, 0.3) is 0 Å². The van der Waals surface area contributed by atoms with E-state index in [4.69, 9.17) is 12.2 Å². The first-order valence-corrected chi connectivity index (χ1v) is 6.23. The smallest absolute Gasteiger partial charge is 0.186 e. The highest BCUT2D eigenvalue weighted by atomic mass is 79.9. The van der Waals surface area contributed by atoms with Crippen LogP contribution in [0.3, 0.4) is 0 Å². The highest BCUT2D eigenvalue weighted by molar-refractivity contribution is 9.11. The number of nitrogens with one attached hydrogen (secondary N) is 2. The van der Waals surface area contributed by atoms with Crippen LogP contribution < -0.4 is 10.7 Å². The zero-order valence-electron chi connectivity index (χ0n) is 8.29. The summed E-state index contributed by atoms with van der Waals surface area (Å²) in [7, 11) is 1.69. The second-order valence-corrected chi connectivity index (χ2v) is 4.95. The van der Waals surface area contributed by atoms with E-state index in [1.54, 1.807) is 19.2 Å². The van der Waals surface area contributed by atoms with Gasteiger partial charge < -0.3 is 10.4 Å². The molecule has 4 nitrogen and oxygen atoms in total. The molecule has 86 valence electrons. The van der Waals surface area contributed by atoms with Gasteiger partial charge in [0.2, 0.25) is 0 Å². The van der Waals surface area contributed by atoms with Crippen molar-refractivity contribution >= 4 is 55.4 Å². The molecule has 16 heavy (non-hydrogen) atoms. The lowest BCUT2D eigenvalue weighted by atomic mass is 10.2. The summed E-state index contributed by atoms with van der Waals surface area (Å²) < 4.78 is 1.44. The minimum atomic E-state index is 0.129. The van der Waals surface area contributed by atoms with Gasteiger partial charge in [0.1, 0.15) is 5.75 Å². The summed E-state index contributed by atoms with van der Waals surface area (Å²) in [6.07, 6.45) is 1.48. The Kier molecular flexibility index (Phi) is 5.17. The van der Waals surface area contributed by atoms with E-state index in [2.05, 4.69) is 47.7 Å². The van der Waals surface area contributed by atoms with E-state index in [9.17, 15) is 5.11 Å². The number of hydrogen-bond donors (Lipinski definition) is 3. The molecule has 3 N–H and O–H groups in total. The van der Waals surface area contributed by atoms with Gasteiger partial charge in [-0.3, -0.25) is 5.43 Å². The van der Waals surface area contributed by atoms with Crippen molar-refractivity contribution in [1.82, 2.24) is 10.7 Å². The van der Waals surface area contributed by atoms with Gasteiger partial charge in [0.15, 0.2) is 5.11 Å². The average molecular weight is 367 g/mol. The van der Waals surface area contributed by atoms with E-state index in [1.807, 2.05) is 0 Å². The fourth-order valence-electron chi connectivity index (χ4n) is 0.901. The summed E-state index contributed by atoms with van der Waals surface area (Å²) >= 11 is 11.4. The number of benzene rings is 1. The van der Waals surface area contributed by atoms with Gasteiger partial charge in [-0.15, -0.1) is 0 Å². The van der Waals surface area contributed by atoms with Crippen LogP contribution in [0.5, 0.6) is 5.75 Å². The lowest BCUT2D eigenvalue weighted by molar-refractivity contribution is 0.471. The van der Waals surface area contributed by atoms with Gasteiger partial charge in [0, 0.05) is 17.1 Å². The van der Waals surface area contributed by atoms with Crippen LogP contribution in [-0.2, 0) is 0 Å². The Labute approximate surface area is 115 Å². The maximum atomic E-state index is 9.71. The summed E-state index contributed by atoms with van der Waals surface area (Å²) in [5, 5.41) is 16.7. The van der Waals surface area contributed by atoms with Crippen LogP contribution in [0, 0.1) is 0 Å².